The summed E-state index contributed by atoms with van der Waals surface area (Å²) >= 11 is 3.14. The van der Waals surface area contributed by atoms with E-state index in [1.54, 1.807) is 22.1 Å². The average molecular weight is 386 g/mol. The maximum Gasteiger partial charge on any atom is 0.206 e. The molecule has 0 aliphatic rings. The number of hydrogen-bond donors (Lipinski definition) is 2. The third kappa shape index (κ3) is 3.95. The highest BCUT2D eigenvalue weighted by Crippen LogP contribution is 2.26. The fourth-order valence-electron chi connectivity index (χ4n) is 2.33. The normalized spacial score (nSPS) is 12.5. The predicted octanol–water partition coefficient (Wildman–Crippen LogP) is 4.44. The van der Waals surface area contributed by atoms with Gasteiger partial charge in [-0.3, -0.25) is 4.99 Å². The van der Waals surface area contributed by atoms with Gasteiger partial charge in [-0.25, -0.2) is 4.68 Å². The number of aromatic nitrogens is 1. The first-order chi connectivity index (χ1) is 12.5. The summed E-state index contributed by atoms with van der Waals surface area (Å²) in [6, 6.07) is 8.51. The van der Waals surface area contributed by atoms with Crippen molar-refractivity contribution in [1.29, 1.82) is 0 Å². The number of rotatable bonds is 5. The maximum atomic E-state index is 10.1. The van der Waals surface area contributed by atoms with Crippen molar-refractivity contribution in [3.8, 4) is 22.1 Å². The number of phenolic OH excluding ortho intramolecular Hbond substituents is 2. The molecule has 0 unspecified atom stereocenters. The van der Waals surface area contributed by atoms with Crippen molar-refractivity contribution < 1.29 is 10.2 Å². The fourth-order valence-corrected chi connectivity index (χ4v) is 3.96. The number of nitrogens with zero attached hydrogens (tertiary/aromatic N) is 3. The average Bonchev–Trinajstić information content (AvgIpc) is 3.22. The van der Waals surface area contributed by atoms with Gasteiger partial charge in [0.25, 0.3) is 0 Å². The molecule has 0 atom stereocenters. The van der Waals surface area contributed by atoms with Gasteiger partial charge in [0, 0.05) is 17.0 Å². The van der Waals surface area contributed by atoms with Crippen molar-refractivity contribution >= 4 is 28.4 Å². The van der Waals surface area contributed by atoms with Crippen LogP contribution in [0.5, 0.6) is 11.5 Å². The molecule has 0 radical (unpaired) electrons. The molecule has 0 fully saturated rings. The zero-order valence-corrected chi connectivity index (χ0v) is 16.1. The largest absolute Gasteiger partial charge is 0.508 e. The molecule has 1 aromatic carbocycles. The SMILES string of the molecule is C=C(C)CN=c1scc(-c2cccs2)n1N=C(C)c1ccc(O)cc1O. The summed E-state index contributed by atoms with van der Waals surface area (Å²) in [6.07, 6.45) is 0. The number of aromatic hydroxyl groups is 2. The van der Waals surface area contributed by atoms with Crippen molar-refractivity contribution in [2.45, 2.75) is 13.8 Å². The molecule has 0 bridgehead atoms. The van der Waals surface area contributed by atoms with Crippen LogP contribution in [0, 0.1) is 0 Å². The molecule has 3 aromatic rings. The van der Waals surface area contributed by atoms with E-state index in [4.69, 9.17) is 5.10 Å². The summed E-state index contributed by atoms with van der Waals surface area (Å²) in [5, 5.41) is 28.3. The second-order valence-corrected chi connectivity index (χ2v) is 7.64. The summed E-state index contributed by atoms with van der Waals surface area (Å²) in [5.74, 6) is -0.00108. The fraction of sp³-hybridized carbons (Fsp3) is 0.158. The Kier molecular flexibility index (Phi) is 5.39. The summed E-state index contributed by atoms with van der Waals surface area (Å²) in [6.45, 7) is 8.18. The highest BCUT2D eigenvalue weighted by atomic mass is 32.1. The van der Waals surface area contributed by atoms with Crippen LogP contribution in [0.15, 0.2) is 63.3 Å². The van der Waals surface area contributed by atoms with Gasteiger partial charge in [0.05, 0.1) is 22.8 Å². The van der Waals surface area contributed by atoms with Gasteiger partial charge in [-0.05, 0) is 37.4 Å². The van der Waals surface area contributed by atoms with Crippen LogP contribution in [0.1, 0.15) is 19.4 Å². The Bertz CT molecular complexity index is 1030. The zero-order valence-electron chi connectivity index (χ0n) is 14.5. The van der Waals surface area contributed by atoms with Gasteiger partial charge in [-0.2, -0.15) is 5.10 Å². The summed E-state index contributed by atoms with van der Waals surface area (Å²) in [5.41, 5.74) is 3.10. The van der Waals surface area contributed by atoms with E-state index in [1.165, 1.54) is 23.5 Å². The van der Waals surface area contributed by atoms with Gasteiger partial charge in [0.2, 0.25) is 4.80 Å². The number of hydrogen-bond acceptors (Lipinski definition) is 6. The van der Waals surface area contributed by atoms with Gasteiger partial charge in [0.1, 0.15) is 11.5 Å². The number of thiophene rings is 1. The molecule has 0 aliphatic heterocycles. The molecular weight excluding hydrogens is 366 g/mol. The van der Waals surface area contributed by atoms with Gasteiger partial charge in [0.15, 0.2) is 0 Å². The molecule has 0 saturated carbocycles. The third-order valence-electron chi connectivity index (χ3n) is 3.56. The molecule has 0 amide bonds. The Labute approximate surface area is 159 Å². The minimum Gasteiger partial charge on any atom is -0.508 e. The summed E-state index contributed by atoms with van der Waals surface area (Å²) in [7, 11) is 0. The molecule has 2 heterocycles. The van der Waals surface area contributed by atoms with Gasteiger partial charge in [-0.15, -0.1) is 22.7 Å². The highest BCUT2D eigenvalue weighted by molar-refractivity contribution is 7.14. The number of benzene rings is 1. The Morgan fingerprint density at radius 2 is 2.00 bits per heavy atom. The van der Waals surface area contributed by atoms with E-state index >= 15 is 0 Å². The minimum atomic E-state index is -0.0137. The minimum absolute atomic E-state index is 0.0126. The topological polar surface area (TPSA) is 70.1 Å². The van der Waals surface area contributed by atoms with E-state index in [-0.39, 0.29) is 11.5 Å². The molecule has 3 rings (SSSR count). The molecule has 0 aliphatic carbocycles. The second kappa shape index (κ2) is 7.72. The molecule has 5 nitrogen and oxygen atoms in total. The standard InChI is InChI=1S/C19H19N3O2S2/c1-12(2)10-20-19-22(16(11-26-19)18-5-4-8-25-18)21-13(3)15-7-6-14(23)9-17(15)24/h4-9,11,23-24H,1,10H2,2-3H3. The van der Waals surface area contributed by atoms with Crippen molar-refractivity contribution in [2.75, 3.05) is 6.54 Å². The van der Waals surface area contributed by atoms with Crippen molar-refractivity contribution in [1.82, 2.24) is 4.68 Å². The van der Waals surface area contributed by atoms with Crippen molar-refractivity contribution in [3.63, 3.8) is 0 Å². The lowest BCUT2D eigenvalue weighted by Gasteiger charge is -2.07. The smallest absolute Gasteiger partial charge is 0.206 e. The van der Waals surface area contributed by atoms with Crippen LogP contribution < -0.4 is 4.80 Å². The second-order valence-electron chi connectivity index (χ2n) is 5.85. The molecular formula is C19H19N3O2S2. The lowest BCUT2D eigenvalue weighted by atomic mass is 10.1. The van der Waals surface area contributed by atoms with Crippen molar-refractivity contribution in [3.05, 3.63) is 63.6 Å². The number of phenols is 2. The quantitative estimate of drug-likeness (QED) is 0.503. The van der Waals surface area contributed by atoms with Crippen LogP contribution in [-0.2, 0) is 0 Å². The summed E-state index contributed by atoms with van der Waals surface area (Å²) < 4.78 is 1.79. The molecule has 7 heteroatoms. The van der Waals surface area contributed by atoms with Crippen LogP contribution in [-0.4, -0.2) is 27.1 Å². The van der Waals surface area contributed by atoms with E-state index in [1.807, 2.05) is 36.7 Å². The highest BCUT2D eigenvalue weighted by Gasteiger charge is 2.11. The van der Waals surface area contributed by atoms with Crippen molar-refractivity contribution in [2.24, 2.45) is 10.1 Å². The predicted molar refractivity (Wildman–Crippen MR) is 108 cm³/mol. The van der Waals surface area contributed by atoms with E-state index in [0.717, 1.165) is 20.9 Å². The van der Waals surface area contributed by atoms with Crippen LogP contribution >= 0.6 is 22.7 Å². The first-order valence-electron chi connectivity index (χ1n) is 7.93. The third-order valence-corrected chi connectivity index (χ3v) is 5.31. The van der Waals surface area contributed by atoms with E-state index < -0.39 is 0 Å². The zero-order chi connectivity index (χ0) is 18.7. The van der Waals surface area contributed by atoms with E-state index in [9.17, 15) is 10.2 Å². The van der Waals surface area contributed by atoms with Crippen LogP contribution in [0.25, 0.3) is 10.6 Å². The molecule has 26 heavy (non-hydrogen) atoms. The first-order valence-corrected chi connectivity index (χ1v) is 9.69. The van der Waals surface area contributed by atoms with Gasteiger partial charge >= 0.3 is 0 Å². The maximum absolute atomic E-state index is 10.1. The lowest BCUT2D eigenvalue weighted by molar-refractivity contribution is 0.450. The van der Waals surface area contributed by atoms with E-state index in [2.05, 4.69) is 11.6 Å². The Morgan fingerprint density at radius 1 is 1.19 bits per heavy atom. The first kappa shape index (κ1) is 18.2. The molecule has 0 saturated heterocycles. The van der Waals surface area contributed by atoms with Gasteiger partial charge < -0.3 is 10.2 Å². The van der Waals surface area contributed by atoms with Crippen LogP contribution in [0.4, 0.5) is 0 Å². The van der Waals surface area contributed by atoms with Crippen LogP contribution in [0.3, 0.4) is 0 Å². The summed E-state index contributed by atoms with van der Waals surface area (Å²) in [4.78, 5) is 6.44. The molecule has 0 spiro atoms. The number of thiazole rings is 1. The molecule has 134 valence electrons. The Balaban J connectivity index is 2.13. The monoisotopic (exact) mass is 385 g/mol. The van der Waals surface area contributed by atoms with Gasteiger partial charge in [-0.1, -0.05) is 18.2 Å². The Hall–Kier alpha value is -2.64. The van der Waals surface area contributed by atoms with E-state index in [0.29, 0.717) is 17.8 Å². The lowest BCUT2D eigenvalue weighted by Crippen LogP contribution is -2.14. The van der Waals surface area contributed by atoms with Crippen LogP contribution in [0.2, 0.25) is 0 Å². The molecule has 2 N–H and O–H groups in total. The Morgan fingerprint density at radius 3 is 2.65 bits per heavy atom. The molecule has 2 aromatic heterocycles.